The van der Waals surface area contributed by atoms with Gasteiger partial charge in [-0.3, -0.25) is 14.8 Å². The highest BCUT2D eigenvalue weighted by Crippen LogP contribution is 2.30. The third-order valence-corrected chi connectivity index (χ3v) is 7.46. The first-order valence-corrected chi connectivity index (χ1v) is 13.0. The molecular formula is C31H27ClN4O2. The van der Waals surface area contributed by atoms with Gasteiger partial charge in [0.05, 0.1) is 30.1 Å². The van der Waals surface area contributed by atoms with E-state index in [2.05, 4.69) is 5.32 Å². The Bertz CT molecular complexity index is 1680. The second kappa shape index (κ2) is 10.3. The van der Waals surface area contributed by atoms with Crippen molar-refractivity contribution in [3.63, 3.8) is 0 Å². The number of hydrogen-bond acceptors (Lipinski definition) is 3. The van der Waals surface area contributed by atoms with Crippen LogP contribution >= 0.6 is 11.6 Å². The molecule has 0 radical (unpaired) electrons. The van der Waals surface area contributed by atoms with Gasteiger partial charge in [0.25, 0.3) is 0 Å². The number of benzene rings is 4. The lowest BCUT2D eigenvalue weighted by Crippen LogP contribution is -2.24. The molecule has 1 unspecified atom stereocenters. The summed E-state index contributed by atoms with van der Waals surface area (Å²) >= 11 is 6.44. The topological polar surface area (TPSA) is 72.0 Å². The van der Waals surface area contributed by atoms with Crippen LogP contribution in [0.5, 0.6) is 0 Å². The number of ether oxygens (including phenoxy) is 1. The summed E-state index contributed by atoms with van der Waals surface area (Å²) in [6.45, 7) is 1.61. The molecule has 4 aromatic carbocycles. The molecule has 1 saturated heterocycles. The fourth-order valence-corrected chi connectivity index (χ4v) is 5.25. The van der Waals surface area contributed by atoms with E-state index in [1.165, 1.54) is 0 Å². The summed E-state index contributed by atoms with van der Waals surface area (Å²) in [6, 6.07) is 31.7. The molecule has 7 heteroatoms. The van der Waals surface area contributed by atoms with E-state index in [1.54, 1.807) is 0 Å². The molecule has 2 N–H and O–H groups in total. The minimum Gasteiger partial charge on any atom is -0.381 e. The van der Waals surface area contributed by atoms with Crippen molar-refractivity contribution in [1.29, 1.82) is 5.41 Å². The number of amides is 1. The van der Waals surface area contributed by atoms with Crippen LogP contribution in [-0.4, -0.2) is 28.3 Å². The number of carbonyl (C=O) groups excluding carboxylic acids is 1. The van der Waals surface area contributed by atoms with Crippen molar-refractivity contribution in [3.8, 4) is 16.8 Å². The lowest BCUT2D eigenvalue weighted by atomic mass is 10.0. The second-order valence-electron chi connectivity index (χ2n) is 9.47. The van der Waals surface area contributed by atoms with Crippen molar-refractivity contribution in [2.45, 2.75) is 13.0 Å². The highest BCUT2D eigenvalue weighted by atomic mass is 35.5. The van der Waals surface area contributed by atoms with E-state index in [0.717, 1.165) is 45.5 Å². The van der Waals surface area contributed by atoms with E-state index in [9.17, 15) is 4.79 Å². The molecule has 5 aromatic rings. The van der Waals surface area contributed by atoms with Crippen molar-refractivity contribution in [3.05, 3.63) is 113 Å². The summed E-state index contributed by atoms with van der Waals surface area (Å²) in [4.78, 5) is 12.7. The minimum atomic E-state index is -0.111. The van der Waals surface area contributed by atoms with Crippen molar-refractivity contribution < 1.29 is 9.53 Å². The summed E-state index contributed by atoms with van der Waals surface area (Å²) in [5, 5.41) is 12.8. The number of rotatable bonds is 6. The van der Waals surface area contributed by atoms with Gasteiger partial charge in [0, 0.05) is 28.6 Å². The molecule has 1 aliphatic rings. The lowest BCUT2D eigenvalue weighted by Gasteiger charge is -2.14. The second-order valence-corrected chi connectivity index (χ2v) is 9.87. The van der Waals surface area contributed by atoms with E-state index in [1.807, 2.05) is 106 Å². The number of anilines is 1. The largest absolute Gasteiger partial charge is 0.381 e. The number of hydrogen-bond donors (Lipinski definition) is 2. The third-order valence-electron chi connectivity index (χ3n) is 7.09. The van der Waals surface area contributed by atoms with Gasteiger partial charge in [-0.25, -0.2) is 0 Å². The molecule has 0 spiro atoms. The Hall–Kier alpha value is -4.13. The first-order chi connectivity index (χ1) is 18.6. The molecule has 0 saturated carbocycles. The van der Waals surface area contributed by atoms with Gasteiger partial charge in [-0.15, -0.1) is 0 Å². The molecule has 6 nitrogen and oxygen atoms in total. The summed E-state index contributed by atoms with van der Waals surface area (Å²) in [5.74, 6) is -0.118. The van der Waals surface area contributed by atoms with Crippen molar-refractivity contribution >= 4 is 34.2 Å². The van der Waals surface area contributed by atoms with Crippen LogP contribution in [0.1, 0.15) is 12.0 Å². The number of carbonyl (C=O) groups is 1. The van der Waals surface area contributed by atoms with Gasteiger partial charge < -0.3 is 14.6 Å². The summed E-state index contributed by atoms with van der Waals surface area (Å²) in [7, 11) is 0. The highest BCUT2D eigenvalue weighted by molar-refractivity contribution is 6.31. The molecule has 1 atom stereocenters. The smallest absolute Gasteiger partial charge is 0.229 e. The zero-order valence-electron chi connectivity index (χ0n) is 20.7. The molecule has 38 heavy (non-hydrogen) atoms. The Balaban J connectivity index is 1.35. The molecule has 0 aliphatic carbocycles. The monoisotopic (exact) mass is 522 g/mol. The van der Waals surface area contributed by atoms with Gasteiger partial charge in [0.15, 0.2) is 0 Å². The van der Waals surface area contributed by atoms with E-state index in [4.69, 9.17) is 21.7 Å². The Morgan fingerprint density at radius 2 is 1.63 bits per heavy atom. The van der Waals surface area contributed by atoms with Crippen molar-refractivity contribution in [1.82, 2.24) is 9.13 Å². The highest BCUT2D eigenvalue weighted by Gasteiger charge is 2.24. The number of nitrogens with zero attached hydrogens (tertiary/aromatic N) is 2. The Labute approximate surface area is 225 Å². The van der Waals surface area contributed by atoms with Gasteiger partial charge in [-0.1, -0.05) is 72.3 Å². The van der Waals surface area contributed by atoms with Crippen molar-refractivity contribution in [2.24, 2.45) is 5.92 Å². The van der Waals surface area contributed by atoms with Crippen molar-refractivity contribution in [2.75, 3.05) is 18.5 Å². The average Bonchev–Trinajstić information content (AvgIpc) is 3.58. The Kier molecular flexibility index (Phi) is 6.58. The van der Waals surface area contributed by atoms with Crippen LogP contribution < -0.4 is 10.9 Å². The van der Waals surface area contributed by atoms with Crippen LogP contribution in [-0.2, 0) is 16.1 Å². The molecule has 1 aromatic heterocycles. The zero-order chi connectivity index (χ0) is 26.1. The summed E-state index contributed by atoms with van der Waals surface area (Å²) < 4.78 is 9.30. The predicted molar refractivity (Wildman–Crippen MR) is 151 cm³/mol. The first kappa shape index (κ1) is 24.2. The molecule has 1 aliphatic heterocycles. The maximum absolute atomic E-state index is 12.7. The molecule has 190 valence electrons. The van der Waals surface area contributed by atoms with E-state index >= 15 is 0 Å². The van der Waals surface area contributed by atoms with E-state index in [-0.39, 0.29) is 11.8 Å². The minimum absolute atomic E-state index is 0.00713. The lowest BCUT2D eigenvalue weighted by molar-refractivity contribution is -0.119. The number of fused-ring (bicyclic) bond motifs is 1. The number of nitrogens with one attached hydrogen (secondary N) is 2. The number of halogens is 1. The van der Waals surface area contributed by atoms with Crippen LogP contribution in [0.2, 0.25) is 5.02 Å². The SMILES string of the molecule is N=c1n(Cc2ccccc2Cl)c2ccccc2n1-c1ccc(-c2ccccc2NC(=O)C2CCOC2)cc1. The normalized spacial score (nSPS) is 15.1. The van der Waals surface area contributed by atoms with Gasteiger partial charge >= 0.3 is 0 Å². The van der Waals surface area contributed by atoms with Crippen LogP contribution in [0.4, 0.5) is 5.69 Å². The number of aromatic nitrogens is 2. The predicted octanol–water partition coefficient (Wildman–Crippen LogP) is 6.26. The molecule has 1 amide bonds. The van der Waals surface area contributed by atoms with Gasteiger partial charge in [0.2, 0.25) is 11.5 Å². The van der Waals surface area contributed by atoms with Gasteiger partial charge in [0.1, 0.15) is 0 Å². The first-order valence-electron chi connectivity index (χ1n) is 12.7. The fourth-order valence-electron chi connectivity index (χ4n) is 5.06. The number of imidazole rings is 1. The van der Waals surface area contributed by atoms with Gasteiger partial charge in [-0.05, 0) is 53.9 Å². The average molecular weight is 523 g/mol. The van der Waals surface area contributed by atoms with E-state index in [0.29, 0.717) is 30.4 Å². The molecule has 2 heterocycles. The Morgan fingerprint density at radius 3 is 2.39 bits per heavy atom. The standard InChI is InChI=1S/C31H27ClN4O2/c32-26-9-3-1-7-22(26)19-35-28-11-5-6-12-29(28)36(31(35)33)24-15-13-21(14-16-24)25-8-2-4-10-27(25)34-30(37)23-17-18-38-20-23/h1-16,23,33H,17-20H2,(H,34,37). The quantitative estimate of drug-likeness (QED) is 0.276. The maximum atomic E-state index is 12.7. The van der Waals surface area contributed by atoms with Crippen LogP contribution in [0, 0.1) is 11.3 Å². The third kappa shape index (κ3) is 4.53. The molecule has 0 bridgehead atoms. The molecule has 6 rings (SSSR count). The van der Waals surface area contributed by atoms with Crippen LogP contribution in [0.25, 0.3) is 27.8 Å². The van der Waals surface area contributed by atoms with E-state index < -0.39 is 0 Å². The van der Waals surface area contributed by atoms with Crippen LogP contribution in [0.15, 0.2) is 97.1 Å². The Morgan fingerprint density at radius 1 is 0.921 bits per heavy atom. The summed E-state index contributed by atoms with van der Waals surface area (Å²) in [5.41, 5.74) is 6.84. The molecule has 1 fully saturated rings. The van der Waals surface area contributed by atoms with Crippen LogP contribution in [0.3, 0.4) is 0 Å². The number of para-hydroxylation sites is 3. The maximum Gasteiger partial charge on any atom is 0.229 e. The van der Waals surface area contributed by atoms with Gasteiger partial charge in [-0.2, -0.15) is 0 Å². The fraction of sp³-hybridized carbons (Fsp3) is 0.161. The summed E-state index contributed by atoms with van der Waals surface area (Å²) in [6.07, 6.45) is 0.749. The zero-order valence-corrected chi connectivity index (χ0v) is 21.5. The molecular weight excluding hydrogens is 496 g/mol.